The topological polar surface area (TPSA) is 238 Å². The molecule has 6 aromatic rings. The first-order valence-electron chi connectivity index (χ1n) is 21.8. The lowest BCUT2D eigenvalue weighted by molar-refractivity contribution is -0.796. The molecule has 0 bridgehead atoms. The van der Waals surface area contributed by atoms with Gasteiger partial charge in [0.05, 0.1) is 50.2 Å². The number of nitrogens with one attached hydrogen (secondary N) is 2. The molecule has 1 saturated heterocycles. The molecule has 7 rings (SSSR count). The molecule has 4 aromatic heterocycles. The second-order valence-corrected chi connectivity index (χ2v) is 16.1. The van der Waals surface area contributed by atoms with E-state index in [-0.39, 0.29) is 48.1 Å². The molecule has 0 unspecified atom stereocenters. The molecule has 6 N–H and O–H groups in total. The molecule has 1 aliphatic rings. The number of rotatable bonds is 19. The van der Waals surface area contributed by atoms with E-state index in [1.165, 1.54) is 13.2 Å². The van der Waals surface area contributed by atoms with Crippen LogP contribution >= 0.6 is 0 Å². The average molecular weight is 893 g/mol. The first kappa shape index (κ1) is 45.9. The number of fused-ring (bicyclic) bond motifs is 2. The number of carbonyl (C=O) groups is 4. The van der Waals surface area contributed by atoms with E-state index in [0.717, 1.165) is 25.3 Å². The number of aromatic nitrogens is 8. The molecule has 1 aliphatic heterocycles. The van der Waals surface area contributed by atoms with Gasteiger partial charge in [-0.25, -0.2) is 9.97 Å². The number of allylic oxidation sites excluding steroid dienone is 2. The largest absolute Gasteiger partial charge is 0.494 e. The summed E-state index contributed by atoms with van der Waals surface area (Å²) in [6, 6.07) is 9.93. The number of nitrogens with zero attached hydrogens (tertiary/aromatic N) is 9. The van der Waals surface area contributed by atoms with Crippen molar-refractivity contribution in [1.82, 2.24) is 38.5 Å². The number of hydrogen-bond donors (Lipinski definition) is 4. The van der Waals surface area contributed by atoms with Crippen LogP contribution in [-0.4, -0.2) is 109 Å². The second-order valence-electron chi connectivity index (χ2n) is 16.1. The average Bonchev–Trinajstić information content (AvgIpc) is 4.04. The predicted octanol–water partition coefficient (Wildman–Crippen LogP) is 3.98. The van der Waals surface area contributed by atoms with Gasteiger partial charge in [-0.3, -0.25) is 39.4 Å². The summed E-state index contributed by atoms with van der Waals surface area (Å²) in [5, 5.41) is 10.4. The van der Waals surface area contributed by atoms with Crippen molar-refractivity contribution in [3.8, 4) is 11.5 Å². The number of hydrogen-bond acceptors (Lipinski definition) is 11. The highest BCUT2D eigenvalue weighted by molar-refractivity contribution is 6.05. The molecule has 0 aliphatic carbocycles. The molecule has 0 radical (unpaired) electrons. The molecule has 344 valence electrons. The lowest BCUT2D eigenvalue weighted by Gasteiger charge is -2.26. The van der Waals surface area contributed by atoms with E-state index in [0.29, 0.717) is 90.0 Å². The van der Waals surface area contributed by atoms with Gasteiger partial charge in [-0.05, 0) is 71.4 Å². The molecule has 0 saturated carbocycles. The zero-order valence-electron chi connectivity index (χ0n) is 38.0. The molecule has 1 fully saturated rings. The third kappa shape index (κ3) is 9.72. The maximum Gasteiger partial charge on any atom is 0.280 e. The lowest BCUT2D eigenvalue weighted by Crippen LogP contribution is -2.48. The molecule has 20 nitrogen and oxygen atoms in total. The van der Waals surface area contributed by atoms with Gasteiger partial charge in [0.2, 0.25) is 29.4 Å². The number of nitrogens with two attached hydrogens (primary N) is 2. The van der Waals surface area contributed by atoms with Crippen molar-refractivity contribution in [3.05, 3.63) is 82.5 Å². The fraction of sp³-hybridized carbons (Fsp3) is 0.422. The van der Waals surface area contributed by atoms with Gasteiger partial charge in [0, 0.05) is 63.4 Å². The van der Waals surface area contributed by atoms with Crippen LogP contribution in [0, 0.1) is 13.8 Å². The van der Waals surface area contributed by atoms with Crippen molar-refractivity contribution in [2.75, 3.05) is 57.2 Å². The SMILES string of the molecule is CCn1nc(C)cc1C(=O)Nc1nc2cc(C(N)=O)cc(OCCCN3CCOCC3)c2n1C/C=C/Cn1c(NC(=O)c2cc(C)[n+](C(C)C)n2CC)nc2cc(C(N)=O)cc(OC)c21. The quantitative estimate of drug-likeness (QED) is 0.0516. The minimum absolute atomic E-state index is 0.112. The summed E-state index contributed by atoms with van der Waals surface area (Å²) in [5.74, 6) is -0.996. The summed E-state index contributed by atoms with van der Waals surface area (Å²) in [5.41, 5.74) is 16.1. The van der Waals surface area contributed by atoms with E-state index in [9.17, 15) is 19.2 Å². The highest BCUT2D eigenvalue weighted by Gasteiger charge is 2.28. The Morgan fingerprint density at radius 2 is 1.38 bits per heavy atom. The highest BCUT2D eigenvalue weighted by atomic mass is 16.5. The van der Waals surface area contributed by atoms with Crippen LogP contribution in [0.4, 0.5) is 11.9 Å². The van der Waals surface area contributed by atoms with Gasteiger partial charge in [0.25, 0.3) is 11.8 Å². The Labute approximate surface area is 376 Å². The van der Waals surface area contributed by atoms with Crippen molar-refractivity contribution in [2.24, 2.45) is 11.5 Å². The normalized spacial score (nSPS) is 13.4. The Kier molecular flexibility index (Phi) is 14.0. The Morgan fingerprint density at radius 3 is 1.92 bits per heavy atom. The molecular weight excluding hydrogens is 835 g/mol. The van der Waals surface area contributed by atoms with Crippen LogP contribution in [0.2, 0.25) is 0 Å². The van der Waals surface area contributed by atoms with Crippen LogP contribution in [0.15, 0.2) is 48.6 Å². The highest BCUT2D eigenvalue weighted by Crippen LogP contribution is 2.33. The number of benzene rings is 2. The summed E-state index contributed by atoms with van der Waals surface area (Å²) < 4.78 is 26.8. The monoisotopic (exact) mass is 892 g/mol. The first-order valence-corrected chi connectivity index (χ1v) is 21.8. The van der Waals surface area contributed by atoms with Crippen molar-refractivity contribution >= 4 is 57.6 Å². The number of aryl methyl sites for hydroxylation is 3. The minimum atomic E-state index is -0.659. The van der Waals surface area contributed by atoms with Gasteiger partial charge < -0.3 is 34.8 Å². The van der Waals surface area contributed by atoms with Gasteiger partial charge in [0.1, 0.15) is 28.2 Å². The number of carbonyl (C=O) groups excluding carboxylic acids is 4. The van der Waals surface area contributed by atoms with Crippen molar-refractivity contribution in [1.29, 1.82) is 0 Å². The standard InChI is InChI=1S/C45H57N13O7/c1-8-56-34(21-28(5)52-56)42(61)50-44-49-33-24-31(41(47)60)26-37(65-18-12-13-53-16-19-64-20-17-53)39(33)55(44)15-11-10-14-54-38-32(23-30(40(46)59)25-36(38)63-7)48-45(54)51-43(62)35-22-29(6)58(27(3)4)57(35)9-2/h10-11,21-27H,8-9,12-20H2,1-7H3,(H5-,46,47,48,49,50,51,59,60,61,62)/p+1/b11-10+. The second kappa shape index (κ2) is 19.8. The number of methoxy groups -OCH3 is 1. The summed E-state index contributed by atoms with van der Waals surface area (Å²) >= 11 is 0. The van der Waals surface area contributed by atoms with Crippen molar-refractivity contribution < 1.29 is 38.1 Å². The third-order valence-electron chi connectivity index (χ3n) is 11.3. The van der Waals surface area contributed by atoms with Crippen LogP contribution in [0.25, 0.3) is 22.1 Å². The molecule has 5 heterocycles. The van der Waals surface area contributed by atoms with Gasteiger partial charge >= 0.3 is 0 Å². The Balaban J connectivity index is 1.26. The molecule has 65 heavy (non-hydrogen) atoms. The molecule has 4 amide bonds. The van der Waals surface area contributed by atoms with Gasteiger partial charge in [-0.15, -0.1) is 9.36 Å². The van der Waals surface area contributed by atoms with Crippen LogP contribution < -0.4 is 36.3 Å². The number of amides is 4. The van der Waals surface area contributed by atoms with Crippen molar-refractivity contribution in [3.63, 3.8) is 0 Å². The zero-order chi connectivity index (χ0) is 46.5. The maximum atomic E-state index is 14.1. The number of anilines is 2. The molecule has 2 aromatic carbocycles. The van der Waals surface area contributed by atoms with Gasteiger partial charge in [-0.2, -0.15) is 5.10 Å². The van der Waals surface area contributed by atoms with E-state index in [4.69, 9.17) is 35.6 Å². The van der Waals surface area contributed by atoms with E-state index in [1.54, 1.807) is 38.1 Å². The van der Waals surface area contributed by atoms with Crippen LogP contribution in [0.3, 0.4) is 0 Å². The fourth-order valence-corrected chi connectivity index (χ4v) is 8.35. The van der Waals surface area contributed by atoms with Crippen LogP contribution in [-0.2, 0) is 30.9 Å². The fourth-order valence-electron chi connectivity index (χ4n) is 8.35. The number of primary amides is 2. The van der Waals surface area contributed by atoms with E-state index < -0.39 is 17.7 Å². The molecular formula is C45H58N13O7+. The van der Waals surface area contributed by atoms with E-state index >= 15 is 0 Å². The predicted molar refractivity (Wildman–Crippen MR) is 244 cm³/mol. The number of imidazole rings is 2. The van der Waals surface area contributed by atoms with E-state index in [1.807, 2.05) is 50.6 Å². The third-order valence-corrected chi connectivity index (χ3v) is 11.3. The summed E-state index contributed by atoms with van der Waals surface area (Å²) in [4.78, 5) is 64.7. The van der Waals surface area contributed by atoms with E-state index in [2.05, 4.69) is 39.2 Å². The van der Waals surface area contributed by atoms with Crippen LogP contribution in [0.1, 0.15) is 93.2 Å². The molecule has 0 spiro atoms. The van der Waals surface area contributed by atoms with Gasteiger partial charge in [0.15, 0.2) is 11.7 Å². The summed E-state index contributed by atoms with van der Waals surface area (Å²) in [6.45, 7) is 17.3. The van der Waals surface area contributed by atoms with Gasteiger partial charge in [-0.1, -0.05) is 12.2 Å². The number of morpholine rings is 1. The summed E-state index contributed by atoms with van der Waals surface area (Å²) in [7, 11) is 1.48. The Morgan fingerprint density at radius 1 is 0.815 bits per heavy atom. The minimum Gasteiger partial charge on any atom is -0.494 e. The van der Waals surface area contributed by atoms with Crippen molar-refractivity contribution in [2.45, 2.75) is 80.2 Å². The Hall–Kier alpha value is -7.06. The summed E-state index contributed by atoms with van der Waals surface area (Å²) in [6.07, 6.45) is 4.46. The first-order chi connectivity index (χ1) is 31.2. The lowest BCUT2D eigenvalue weighted by atomic mass is 10.1. The molecule has 20 heteroatoms. The zero-order valence-corrected chi connectivity index (χ0v) is 38.0. The maximum absolute atomic E-state index is 14.1. The van der Waals surface area contributed by atoms with Crippen LogP contribution in [0.5, 0.6) is 11.5 Å². The number of ether oxygens (including phenoxy) is 3. The Bertz CT molecular complexity index is 2790. The molecule has 0 atom stereocenters. The smallest absolute Gasteiger partial charge is 0.280 e.